The first kappa shape index (κ1) is 23.6. The lowest BCUT2D eigenvalue weighted by molar-refractivity contribution is -0.696. The Bertz CT molecular complexity index is 991. The summed E-state index contributed by atoms with van der Waals surface area (Å²) in [7, 11) is 0. The molecule has 160 valence electrons. The Morgan fingerprint density at radius 3 is 2.47 bits per heavy atom. The third-order valence-electron chi connectivity index (χ3n) is 4.86. The van der Waals surface area contributed by atoms with E-state index in [1.165, 1.54) is 18.6 Å². The van der Waals surface area contributed by atoms with Gasteiger partial charge < -0.3 is 17.1 Å². The Kier molecular flexibility index (Phi) is 7.79. The van der Waals surface area contributed by atoms with Gasteiger partial charge in [0.2, 0.25) is 6.33 Å². The molecule has 0 spiro atoms. The molecule has 0 radical (unpaired) electrons. The molecule has 0 aliphatic carbocycles. The number of rotatable bonds is 7. The number of nitrogens with zero attached hydrogens (tertiary/aromatic N) is 2. The lowest BCUT2D eigenvalue weighted by atomic mass is 9.87. The SMILES string of the molecule is CC(=O)c1c(F)cccc1-n1cc[n+](CCCOc2ccc(C(C)(C)C)cc2)c1.[Cl-]. The van der Waals surface area contributed by atoms with Crippen molar-refractivity contribution < 1.29 is 30.9 Å². The number of ketones is 1. The van der Waals surface area contributed by atoms with Crippen LogP contribution in [0.3, 0.4) is 0 Å². The van der Waals surface area contributed by atoms with Gasteiger partial charge in [0.05, 0.1) is 13.2 Å². The van der Waals surface area contributed by atoms with Gasteiger partial charge in [-0.3, -0.25) is 4.79 Å². The quantitative estimate of drug-likeness (QED) is 0.326. The molecule has 0 amide bonds. The lowest BCUT2D eigenvalue weighted by Gasteiger charge is -2.19. The number of aromatic nitrogens is 2. The molecule has 0 atom stereocenters. The molecule has 0 unspecified atom stereocenters. The van der Waals surface area contributed by atoms with E-state index in [1.807, 2.05) is 35.4 Å². The highest BCUT2D eigenvalue weighted by molar-refractivity contribution is 5.97. The highest BCUT2D eigenvalue weighted by Gasteiger charge is 2.18. The molecule has 6 heteroatoms. The molecule has 2 aromatic carbocycles. The standard InChI is InChI=1S/C24H28FN2O2.ClH/c1-18(28)23-21(25)7-5-8-22(23)27-15-14-26(17-27)13-6-16-29-20-11-9-19(10-12-20)24(2,3)4;/h5,7-12,14-15,17H,6,13,16H2,1-4H3;1H/q+1;/p-1. The number of Topliss-reactive ketones (excluding diaryl/α,β-unsaturated/α-hetero) is 1. The largest absolute Gasteiger partial charge is 1.00 e. The molecule has 0 fully saturated rings. The van der Waals surface area contributed by atoms with Gasteiger partial charge in [0.15, 0.2) is 5.78 Å². The average molecular weight is 431 g/mol. The molecular weight excluding hydrogens is 403 g/mol. The maximum atomic E-state index is 14.0. The van der Waals surface area contributed by atoms with E-state index in [1.54, 1.807) is 16.7 Å². The topological polar surface area (TPSA) is 35.1 Å². The molecular formula is C24H28ClFN2O2. The van der Waals surface area contributed by atoms with Crippen LogP contribution in [-0.4, -0.2) is 17.0 Å². The van der Waals surface area contributed by atoms with Crippen LogP contribution in [0.25, 0.3) is 5.69 Å². The second-order valence-corrected chi connectivity index (χ2v) is 8.23. The average Bonchev–Trinajstić information content (AvgIpc) is 3.13. The van der Waals surface area contributed by atoms with Gasteiger partial charge in [0.25, 0.3) is 0 Å². The summed E-state index contributed by atoms with van der Waals surface area (Å²) in [5, 5.41) is 0. The molecule has 4 nitrogen and oxygen atoms in total. The summed E-state index contributed by atoms with van der Waals surface area (Å²) in [4.78, 5) is 11.8. The molecule has 0 aliphatic rings. The minimum atomic E-state index is -0.499. The summed E-state index contributed by atoms with van der Waals surface area (Å²) in [6, 6.07) is 12.9. The number of halogens is 2. The lowest BCUT2D eigenvalue weighted by Crippen LogP contribution is -3.00. The van der Waals surface area contributed by atoms with Crippen molar-refractivity contribution in [3.05, 3.63) is 78.1 Å². The number of hydrogen-bond donors (Lipinski definition) is 0. The van der Waals surface area contributed by atoms with Crippen molar-refractivity contribution in [3.63, 3.8) is 0 Å². The first-order chi connectivity index (χ1) is 13.8. The number of carbonyl (C=O) groups excluding carboxylic acids is 1. The number of aryl methyl sites for hydroxylation is 1. The van der Waals surface area contributed by atoms with E-state index in [0.29, 0.717) is 12.3 Å². The van der Waals surface area contributed by atoms with E-state index in [-0.39, 0.29) is 29.2 Å². The van der Waals surface area contributed by atoms with Crippen molar-refractivity contribution in [2.24, 2.45) is 0 Å². The number of imidazole rings is 1. The van der Waals surface area contributed by atoms with Crippen LogP contribution in [-0.2, 0) is 12.0 Å². The van der Waals surface area contributed by atoms with Crippen LogP contribution < -0.4 is 21.7 Å². The van der Waals surface area contributed by atoms with Gasteiger partial charge in [-0.15, -0.1) is 0 Å². The summed E-state index contributed by atoms with van der Waals surface area (Å²) >= 11 is 0. The number of hydrogen-bond acceptors (Lipinski definition) is 2. The zero-order valence-corrected chi connectivity index (χ0v) is 18.6. The Balaban J connectivity index is 0.00000320. The van der Waals surface area contributed by atoms with Gasteiger partial charge in [0.1, 0.15) is 35.2 Å². The first-order valence-electron chi connectivity index (χ1n) is 9.86. The second-order valence-electron chi connectivity index (χ2n) is 8.23. The van der Waals surface area contributed by atoms with Crippen molar-refractivity contribution in [1.29, 1.82) is 0 Å². The van der Waals surface area contributed by atoms with Crippen LogP contribution in [0.15, 0.2) is 61.2 Å². The van der Waals surface area contributed by atoms with Gasteiger partial charge in [-0.05, 0) is 42.2 Å². The van der Waals surface area contributed by atoms with Crippen LogP contribution in [0.4, 0.5) is 4.39 Å². The van der Waals surface area contributed by atoms with Crippen molar-refractivity contribution in [2.75, 3.05) is 6.61 Å². The molecule has 0 saturated carbocycles. The molecule has 30 heavy (non-hydrogen) atoms. The number of benzene rings is 2. The molecule has 0 saturated heterocycles. The van der Waals surface area contributed by atoms with Gasteiger partial charge in [-0.1, -0.05) is 39.0 Å². The van der Waals surface area contributed by atoms with E-state index in [2.05, 4.69) is 32.9 Å². The number of carbonyl (C=O) groups is 1. The molecule has 3 aromatic rings. The normalized spacial score (nSPS) is 11.1. The second kappa shape index (κ2) is 9.90. The van der Waals surface area contributed by atoms with Crippen LogP contribution in [0.1, 0.15) is 50.0 Å². The van der Waals surface area contributed by atoms with Gasteiger partial charge in [-0.25, -0.2) is 13.5 Å². The van der Waals surface area contributed by atoms with E-state index >= 15 is 0 Å². The fourth-order valence-electron chi connectivity index (χ4n) is 3.23. The Morgan fingerprint density at radius 1 is 1.13 bits per heavy atom. The van der Waals surface area contributed by atoms with Gasteiger partial charge >= 0.3 is 0 Å². The zero-order chi connectivity index (χ0) is 21.0. The molecule has 0 N–H and O–H groups in total. The van der Waals surface area contributed by atoms with Crippen molar-refractivity contribution in [3.8, 4) is 11.4 Å². The van der Waals surface area contributed by atoms with Gasteiger partial charge in [-0.2, -0.15) is 0 Å². The highest BCUT2D eigenvalue weighted by Crippen LogP contribution is 2.24. The fraction of sp³-hybridized carbons (Fsp3) is 0.333. The smallest absolute Gasteiger partial charge is 0.248 e. The predicted molar refractivity (Wildman–Crippen MR) is 111 cm³/mol. The minimum absolute atomic E-state index is 0. The summed E-state index contributed by atoms with van der Waals surface area (Å²) in [6.07, 6.45) is 6.43. The summed E-state index contributed by atoms with van der Waals surface area (Å²) < 4.78 is 23.6. The van der Waals surface area contributed by atoms with E-state index < -0.39 is 5.82 Å². The van der Waals surface area contributed by atoms with Crippen LogP contribution >= 0.6 is 0 Å². The van der Waals surface area contributed by atoms with Crippen LogP contribution in [0, 0.1) is 5.82 Å². The fourth-order valence-corrected chi connectivity index (χ4v) is 3.23. The zero-order valence-electron chi connectivity index (χ0n) is 17.9. The first-order valence-corrected chi connectivity index (χ1v) is 9.86. The third-order valence-corrected chi connectivity index (χ3v) is 4.86. The van der Waals surface area contributed by atoms with Crippen LogP contribution in [0.2, 0.25) is 0 Å². The van der Waals surface area contributed by atoms with Crippen molar-refractivity contribution in [2.45, 2.75) is 46.1 Å². The Morgan fingerprint density at radius 2 is 1.83 bits per heavy atom. The molecule has 1 aromatic heterocycles. The maximum Gasteiger partial charge on any atom is 0.248 e. The highest BCUT2D eigenvalue weighted by atomic mass is 35.5. The number of ether oxygens (including phenoxy) is 1. The van der Waals surface area contributed by atoms with E-state index in [9.17, 15) is 9.18 Å². The van der Waals surface area contributed by atoms with Crippen molar-refractivity contribution in [1.82, 2.24) is 4.57 Å². The molecule has 1 heterocycles. The summed E-state index contributed by atoms with van der Waals surface area (Å²) in [5.74, 6) is 0.0804. The van der Waals surface area contributed by atoms with Gasteiger partial charge in [0, 0.05) is 6.42 Å². The summed E-state index contributed by atoms with van der Waals surface area (Å²) in [5.41, 5.74) is 2.07. The Hall–Kier alpha value is -2.66. The maximum absolute atomic E-state index is 14.0. The van der Waals surface area contributed by atoms with Crippen molar-refractivity contribution >= 4 is 5.78 Å². The van der Waals surface area contributed by atoms with Crippen LogP contribution in [0.5, 0.6) is 5.75 Å². The molecule has 0 aliphatic heterocycles. The molecule has 0 bridgehead atoms. The minimum Gasteiger partial charge on any atom is -1.00 e. The monoisotopic (exact) mass is 430 g/mol. The summed E-state index contributed by atoms with van der Waals surface area (Å²) in [6.45, 7) is 9.31. The third kappa shape index (κ3) is 5.70. The van der Waals surface area contributed by atoms with E-state index in [0.717, 1.165) is 18.7 Å². The predicted octanol–water partition coefficient (Wildman–Crippen LogP) is 1.88. The molecule has 3 rings (SSSR count). The van der Waals surface area contributed by atoms with E-state index in [4.69, 9.17) is 4.74 Å². The Labute approximate surface area is 183 Å².